The number of phenolic OH excluding ortho intramolecular Hbond substituents is 1. The van der Waals surface area contributed by atoms with Crippen LogP contribution in [0.2, 0.25) is 0 Å². The second-order valence-corrected chi connectivity index (χ2v) is 13.5. The Balaban J connectivity index is 1.70. The van der Waals surface area contributed by atoms with Crippen molar-refractivity contribution in [3.05, 3.63) is 107 Å². The van der Waals surface area contributed by atoms with E-state index in [1.165, 1.54) is 40.0 Å². The summed E-state index contributed by atoms with van der Waals surface area (Å²) in [5.74, 6) is -5.40. The lowest BCUT2D eigenvalue weighted by Crippen LogP contribution is -2.47. The minimum Gasteiger partial charge on any atom is -0.506 e. The van der Waals surface area contributed by atoms with Gasteiger partial charge in [-0.25, -0.2) is 19.2 Å². The number of hydrogen-bond donors (Lipinski definition) is 3. The zero-order valence-corrected chi connectivity index (χ0v) is 32.5. The van der Waals surface area contributed by atoms with E-state index in [1.54, 1.807) is 41.5 Å². The third-order valence-corrected chi connectivity index (χ3v) is 10.5. The lowest BCUT2D eigenvalue weighted by Gasteiger charge is -2.30. The van der Waals surface area contributed by atoms with Crippen LogP contribution >= 0.6 is 15.9 Å². The smallest absolute Gasteiger partial charge is 0.356 e. The molecule has 13 heteroatoms. The summed E-state index contributed by atoms with van der Waals surface area (Å²) in [6, 6.07) is 1.46. The van der Waals surface area contributed by atoms with Crippen LogP contribution < -0.4 is 14.2 Å². The van der Waals surface area contributed by atoms with E-state index >= 15 is 0 Å². The van der Waals surface area contributed by atoms with Crippen molar-refractivity contribution in [3.8, 4) is 23.0 Å². The molecule has 0 saturated heterocycles. The zero-order chi connectivity index (χ0) is 40.0. The third kappa shape index (κ3) is 6.77. The summed E-state index contributed by atoms with van der Waals surface area (Å²) in [6.07, 6.45) is 3.42. The highest BCUT2D eigenvalue weighted by molar-refractivity contribution is 9.10. The minimum atomic E-state index is -2.44. The number of allylic oxidation sites excluding steroid dienone is 2. The van der Waals surface area contributed by atoms with Gasteiger partial charge in [-0.15, -0.1) is 0 Å². The van der Waals surface area contributed by atoms with Crippen LogP contribution in [-0.2, 0) is 14.3 Å². The predicted octanol–water partition coefficient (Wildman–Crippen LogP) is 7.10. The second-order valence-electron chi connectivity index (χ2n) is 12.8. The van der Waals surface area contributed by atoms with Crippen LogP contribution in [0, 0.1) is 55.4 Å². The van der Waals surface area contributed by atoms with Crippen molar-refractivity contribution in [1.82, 2.24) is 0 Å². The maximum absolute atomic E-state index is 13.7. The van der Waals surface area contributed by atoms with E-state index in [9.17, 15) is 39.3 Å². The molecule has 12 nitrogen and oxygen atoms in total. The number of aryl methyl sites for hydroxylation is 1. The molecule has 3 aromatic carbocycles. The van der Waals surface area contributed by atoms with E-state index in [0.717, 1.165) is 12.2 Å². The Morgan fingerprint density at radius 2 is 1.28 bits per heavy atom. The molecular weight excluding hydrogens is 752 g/mol. The van der Waals surface area contributed by atoms with Gasteiger partial charge in [0.25, 0.3) is 0 Å². The van der Waals surface area contributed by atoms with Crippen LogP contribution in [-0.4, -0.2) is 57.7 Å². The van der Waals surface area contributed by atoms with Gasteiger partial charge in [-0.2, -0.15) is 0 Å². The van der Waals surface area contributed by atoms with Crippen molar-refractivity contribution in [2.75, 3.05) is 7.11 Å². The number of benzene rings is 3. The number of aliphatic hydroxyl groups is 1. The second kappa shape index (κ2) is 14.8. The number of carboxylic acid groups (broad SMARTS) is 1. The third-order valence-electron chi connectivity index (χ3n) is 9.76. The van der Waals surface area contributed by atoms with Gasteiger partial charge in [0.2, 0.25) is 5.60 Å². The Hall–Kier alpha value is -5.53. The number of ketones is 1. The number of carbonyl (C=O) groups excluding carboxylic acids is 4. The standard InChI is InChI=1S/C40H39BrO12/c1-12-26-24(10)29(37(46)52-34-21(7)18(4)30(36(44)45)19(5)22(34)8)16(2)13-27(26)51-38(47)31-20(6)23(9)35(32(41)33(31)43)53-39(48)40(49)17(3)14-25(42)15-28(40)50-11/h12-15,43,49H,1H2,2-11H3,(H,44,45)/t40-/m1/s1. The molecule has 0 amide bonds. The number of halogens is 1. The number of carboxylic acids is 1. The fourth-order valence-electron chi connectivity index (χ4n) is 6.37. The van der Waals surface area contributed by atoms with Gasteiger partial charge in [-0.1, -0.05) is 12.7 Å². The van der Waals surface area contributed by atoms with Crippen molar-refractivity contribution < 1.29 is 58.2 Å². The summed E-state index contributed by atoms with van der Waals surface area (Å²) in [5.41, 5.74) is 1.02. The minimum absolute atomic E-state index is 0.0275. The molecule has 0 fully saturated rings. The fraction of sp³-hybridized carbons (Fsp3) is 0.275. The molecule has 1 atom stereocenters. The quantitative estimate of drug-likeness (QED) is 0.148. The van der Waals surface area contributed by atoms with E-state index in [0.29, 0.717) is 38.9 Å². The van der Waals surface area contributed by atoms with Crippen molar-refractivity contribution in [1.29, 1.82) is 0 Å². The van der Waals surface area contributed by atoms with Crippen molar-refractivity contribution in [3.63, 3.8) is 0 Å². The van der Waals surface area contributed by atoms with Gasteiger partial charge in [-0.3, -0.25) is 4.79 Å². The first-order chi connectivity index (χ1) is 24.6. The molecule has 0 aliphatic heterocycles. The number of hydrogen-bond acceptors (Lipinski definition) is 11. The van der Waals surface area contributed by atoms with E-state index in [2.05, 4.69) is 22.5 Å². The van der Waals surface area contributed by atoms with Gasteiger partial charge in [0.1, 0.15) is 33.0 Å². The first-order valence-corrected chi connectivity index (χ1v) is 16.9. The van der Waals surface area contributed by atoms with Crippen LogP contribution in [0.5, 0.6) is 23.0 Å². The lowest BCUT2D eigenvalue weighted by atomic mass is 9.87. The maximum atomic E-state index is 13.7. The molecule has 278 valence electrons. The molecular formula is C40H39BrO12. The molecule has 0 unspecified atom stereocenters. The first kappa shape index (κ1) is 40.2. The number of methoxy groups -OCH3 is 1. The summed E-state index contributed by atoms with van der Waals surface area (Å²) < 4.78 is 22.1. The number of aromatic hydroxyl groups is 1. The Labute approximate surface area is 314 Å². The Bertz CT molecular complexity index is 2180. The number of esters is 3. The molecule has 0 bridgehead atoms. The van der Waals surface area contributed by atoms with Gasteiger partial charge in [0.15, 0.2) is 11.5 Å². The molecule has 1 aliphatic carbocycles. The molecule has 0 radical (unpaired) electrons. The molecule has 1 aliphatic rings. The monoisotopic (exact) mass is 790 g/mol. The van der Waals surface area contributed by atoms with E-state index in [-0.39, 0.29) is 60.9 Å². The van der Waals surface area contributed by atoms with Crippen molar-refractivity contribution in [2.45, 2.75) is 67.9 Å². The summed E-state index contributed by atoms with van der Waals surface area (Å²) in [5, 5.41) is 32.2. The van der Waals surface area contributed by atoms with Gasteiger partial charge in [-0.05, 0) is 140 Å². The molecule has 3 aromatic rings. The average Bonchev–Trinajstić information content (AvgIpc) is 3.08. The van der Waals surface area contributed by atoms with Crippen molar-refractivity contribution in [2.24, 2.45) is 0 Å². The zero-order valence-electron chi connectivity index (χ0n) is 30.9. The van der Waals surface area contributed by atoms with Crippen LogP contribution in [0.25, 0.3) is 6.08 Å². The van der Waals surface area contributed by atoms with Crippen LogP contribution in [0.3, 0.4) is 0 Å². The van der Waals surface area contributed by atoms with Crippen LogP contribution in [0.1, 0.15) is 88.1 Å². The molecule has 0 heterocycles. The normalized spacial score (nSPS) is 15.3. The highest BCUT2D eigenvalue weighted by Crippen LogP contribution is 2.44. The van der Waals surface area contributed by atoms with Crippen LogP contribution in [0.4, 0.5) is 0 Å². The molecule has 53 heavy (non-hydrogen) atoms. The van der Waals surface area contributed by atoms with E-state index < -0.39 is 41.0 Å². The maximum Gasteiger partial charge on any atom is 0.356 e. The highest BCUT2D eigenvalue weighted by Gasteiger charge is 2.48. The fourth-order valence-corrected chi connectivity index (χ4v) is 6.95. The lowest BCUT2D eigenvalue weighted by molar-refractivity contribution is -0.151. The van der Waals surface area contributed by atoms with Gasteiger partial charge in [0.05, 0.1) is 18.2 Å². The molecule has 3 N–H and O–H groups in total. The summed E-state index contributed by atoms with van der Waals surface area (Å²) >= 11 is 3.20. The SMILES string of the molecule is C=Cc1c(OC(=O)c2c(C)c(C)c(OC(=O)[C@@]3(O)C(C)=CC(=O)C=C3OC)c(Br)c2O)cc(C)c(C(=O)Oc2c(C)c(C)c(C(=O)O)c(C)c2C)c1C. The van der Waals surface area contributed by atoms with Gasteiger partial charge >= 0.3 is 23.9 Å². The Morgan fingerprint density at radius 1 is 0.755 bits per heavy atom. The number of aromatic carboxylic acids is 1. The van der Waals surface area contributed by atoms with Crippen LogP contribution in [0.15, 0.2) is 40.6 Å². The summed E-state index contributed by atoms with van der Waals surface area (Å²) in [4.78, 5) is 64.6. The van der Waals surface area contributed by atoms with E-state index in [1.807, 2.05) is 0 Å². The Morgan fingerprint density at radius 3 is 1.81 bits per heavy atom. The average molecular weight is 792 g/mol. The summed E-state index contributed by atoms with van der Waals surface area (Å²) in [7, 11) is 1.18. The number of rotatable bonds is 9. The Kier molecular flexibility index (Phi) is 11.3. The first-order valence-electron chi connectivity index (χ1n) is 16.1. The summed E-state index contributed by atoms with van der Waals surface area (Å²) in [6.45, 7) is 18.1. The van der Waals surface area contributed by atoms with Crippen molar-refractivity contribution >= 4 is 51.7 Å². The largest absolute Gasteiger partial charge is 0.506 e. The molecule has 0 aromatic heterocycles. The van der Waals surface area contributed by atoms with Gasteiger partial charge < -0.3 is 34.3 Å². The predicted molar refractivity (Wildman–Crippen MR) is 198 cm³/mol. The molecule has 4 rings (SSSR count). The number of ether oxygens (including phenoxy) is 4. The molecule has 0 saturated carbocycles. The number of phenols is 1. The topological polar surface area (TPSA) is 183 Å². The molecule has 0 spiro atoms. The number of carbonyl (C=O) groups is 5. The van der Waals surface area contributed by atoms with Gasteiger partial charge in [0, 0.05) is 11.6 Å². The van der Waals surface area contributed by atoms with E-state index in [4.69, 9.17) is 18.9 Å². The highest BCUT2D eigenvalue weighted by atomic mass is 79.9.